The highest BCUT2D eigenvalue weighted by Gasteiger charge is 2.42. The highest BCUT2D eigenvalue weighted by atomic mass is 35.5. The second-order valence-corrected chi connectivity index (χ2v) is 9.60. The number of pyridine rings is 2. The molecule has 3 aromatic heterocycles. The number of halogens is 1. The lowest BCUT2D eigenvalue weighted by atomic mass is 9.96. The van der Waals surface area contributed by atoms with Gasteiger partial charge in [-0.05, 0) is 80.2 Å². The number of hydrogen-bond acceptors (Lipinski definition) is 5. The molecule has 190 valence electrons. The summed E-state index contributed by atoms with van der Waals surface area (Å²) in [6.07, 6.45) is 3.61. The fourth-order valence-corrected chi connectivity index (χ4v) is 5.44. The zero-order valence-electron chi connectivity index (χ0n) is 20.9. The van der Waals surface area contributed by atoms with E-state index in [0.717, 1.165) is 34.2 Å². The summed E-state index contributed by atoms with van der Waals surface area (Å²) < 4.78 is 13.0. The van der Waals surface area contributed by atoms with Crippen LogP contribution >= 0.6 is 23.8 Å². The van der Waals surface area contributed by atoms with Crippen LogP contribution in [-0.2, 0) is 4.74 Å². The second-order valence-electron chi connectivity index (χ2n) is 8.80. The molecule has 0 spiro atoms. The third-order valence-electron chi connectivity index (χ3n) is 6.50. The molecule has 1 aromatic carbocycles. The molecule has 0 radical (unpaired) electrons. The summed E-state index contributed by atoms with van der Waals surface area (Å²) in [5.41, 5.74) is 5.08. The molecule has 0 bridgehead atoms. The van der Waals surface area contributed by atoms with E-state index >= 15 is 0 Å². The van der Waals surface area contributed by atoms with Gasteiger partial charge in [-0.25, -0.2) is 4.98 Å². The monoisotopic (exact) mass is 533 g/mol. The summed E-state index contributed by atoms with van der Waals surface area (Å²) in [5, 5.41) is 4.63. The minimum atomic E-state index is -0.164. The molecule has 2 atom stereocenters. The normalized spacial score (nSPS) is 17.2. The van der Waals surface area contributed by atoms with Crippen molar-refractivity contribution >= 4 is 34.6 Å². The molecular weight excluding hydrogens is 506 g/mol. The Hall–Kier alpha value is -3.46. The van der Waals surface area contributed by atoms with Crippen LogP contribution < -0.4 is 15.0 Å². The SMILES string of the molecule is COCCOc1ccc(N2C(=S)N[C@@H](c3ccccn3)[C@H]2c2cc(C)n(-c3ccccn3)c2C)cc1Cl. The van der Waals surface area contributed by atoms with Crippen LogP contribution in [0.4, 0.5) is 5.69 Å². The number of rotatable bonds is 8. The van der Waals surface area contributed by atoms with E-state index in [1.54, 1.807) is 19.5 Å². The summed E-state index contributed by atoms with van der Waals surface area (Å²) in [6.45, 7) is 5.11. The number of nitrogens with one attached hydrogen (secondary N) is 1. The molecule has 5 rings (SSSR count). The Morgan fingerprint density at radius 1 is 1.00 bits per heavy atom. The molecule has 4 aromatic rings. The Labute approximate surface area is 227 Å². The van der Waals surface area contributed by atoms with E-state index in [1.807, 2.05) is 54.6 Å². The van der Waals surface area contributed by atoms with Crippen molar-refractivity contribution < 1.29 is 9.47 Å². The van der Waals surface area contributed by atoms with Crippen molar-refractivity contribution in [2.45, 2.75) is 25.9 Å². The standard InChI is InChI=1S/C28H28ClN5O2S/c1-18-16-21(19(2)33(18)25-9-5-7-13-31-25)27-26(23-8-4-6-12-30-23)32-28(37)34(27)20-10-11-24(22(29)17-20)36-15-14-35-3/h4-13,16-17,26-27H,14-15H2,1-3H3,(H,32,37)/t26-,27+/m0/s1. The fraction of sp³-hybridized carbons (Fsp3) is 0.250. The highest BCUT2D eigenvalue weighted by molar-refractivity contribution is 7.80. The van der Waals surface area contributed by atoms with Gasteiger partial charge in [0.1, 0.15) is 18.2 Å². The van der Waals surface area contributed by atoms with Crippen molar-refractivity contribution in [2.75, 3.05) is 25.2 Å². The summed E-state index contributed by atoms with van der Waals surface area (Å²) in [6, 6.07) is 19.5. The first-order valence-electron chi connectivity index (χ1n) is 12.0. The molecule has 1 fully saturated rings. The maximum absolute atomic E-state index is 6.64. The Morgan fingerprint density at radius 2 is 1.78 bits per heavy atom. The number of aryl methyl sites for hydroxylation is 1. The Balaban J connectivity index is 1.60. The molecule has 0 saturated carbocycles. The van der Waals surface area contributed by atoms with E-state index in [0.29, 0.717) is 29.1 Å². The molecule has 0 unspecified atom stereocenters. The summed E-state index contributed by atoms with van der Waals surface area (Å²) in [4.78, 5) is 11.4. The van der Waals surface area contributed by atoms with Crippen LogP contribution in [0, 0.1) is 13.8 Å². The van der Waals surface area contributed by atoms with E-state index in [4.69, 9.17) is 33.3 Å². The van der Waals surface area contributed by atoms with Crippen molar-refractivity contribution in [3.05, 3.63) is 101 Å². The van der Waals surface area contributed by atoms with Crippen LogP contribution in [0.3, 0.4) is 0 Å². The predicted octanol–water partition coefficient (Wildman–Crippen LogP) is 5.74. The zero-order chi connectivity index (χ0) is 25.9. The van der Waals surface area contributed by atoms with Gasteiger partial charge in [0, 0.05) is 36.6 Å². The van der Waals surface area contributed by atoms with Gasteiger partial charge in [-0.1, -0.05) is 23.7 Å². The maximum Gasteiger partial charge on any atom is 0.174 e. The van der Waals surface area contributed by atoms with Gasteiger partial charge < -0.3 is 24.3 Å². The van der Waals surface area contributed by atoms with Gasteiger partial charge in [0.2, 0.25) is 0 Å². The minimum absolute atomic E-state index is 0.164. The van der Waals surface area contributed by atoms with E-state index in [1.165, 1.54) is 0 Å². The molecule has 0 aliphatic carbocycles. The number of thiocarbonyl (C=S) groups is 1. The van der Waals surface area contributed by atoms with Gasteiger partial charge in [-0.3, -0.25) is 4.98 Å². The van der Waals surface area contributed by atoms with Gasteiger partial charge in [-0.15, -0.1) is 0 Å². The third-order valence-corrected chi connectivity index (χ3v) is 7.11. The Bertz CT molecular complexity index is 1400. The number of nitrogens with zero attached hydrogens (tertiary/aromatic N) is 4. The largest absolute Gasteiger partial charge is 0.490 e. The Kier molecular flexibility index (Phi) is 7.41. The van der Waals surface area contributed by atoms with E-state index < -0.39 is 0 Å². The number of ether oxygens (including phenoxy) is 2. The topological polar surface area (TPSA) is 64.4 Å². The molecule has 0 amide bonds. The van der Waals surface area contributed by atoms with Crippen molar-refractivity contribution in [1.29, 1.82) is 0 Å². The molecular formula is C28H28ClN5O2S. The first-order chi connectivity index (χ1) is 18.0. The molecule has 1 saturated heterocycles. The highest BCUT2D eigenvalue weighted by Crippen LogP contribution is 2.44. The van der Waals surface area contributed by atoms with E-state index in [-0.39, 0.29) is 12.1 Å². The molecule has 37 heavy (non-hydrogen) atoms. The van der Waals surface area contributed by atoms with Crippen LogP contribution in [-0.4, -0.2) is 40.0 Å². The van der Waals surface area contributed by atoms with Gasteiger partial charge >= 0.3 is 0 Å². The van der Waals surface area contributed by atoms with Crippen LogP contribution in [0.15, 0.2) is 73.1 Å². The van der Waals surface area contributed by atoms with Gasteiger partial charge in [0.05, 0.1) is 29.4 Å². The lowest BCUT2D eigenvalue weighted by molar-refractivity contribution is 0.146. The maximum atomic E-state index is 6.64. The lowest BCUT2D eigenvalue weighted by Gasteiger charge is -2.28. The summed E-state index contributed by atoms with van der Waals surface area (Å²) in [5.74, 6) is 1.48. The number of methoxy groups -OCH3 is 1. The number of benzene rings is 1. The van der Waals surface area contributed by atoms with Crippen LogP contribution in [0.2, 0.25) is 5.02 Å². The van der Waals surface area contributed by atoms with Crippen molar-refractivity contribution in [3.63, 3.8) is 0 Å². The fourth-order valence-electron chi connectivity index (χ4n) is 4.87. The summed E-state index contributed by atoms with van der Waals surface area (Å²) >= 11 is 12.5. The Morgan fingerprint density at radius 3 is 2.46 bits per heavy atom. The molecule has 7 nitrogen and oxygen atoms in total. The number of anilines is 1. The van der Waals surface area contributed by atoms with Crippen LogP contribution in [0.1, 0.15) is 34.7 Å². The molecule has 9 heteroatoms. The van der Waals surface area contributed by atoms with Crippen molar-refractivity contribution in [3.8, 4) is 11.6 Å². The van der Waals surface area contributed by atoms with Crippen LogP contribution in [0.25, 0.3) is 5.82 Å². The van der Waals surface area contributed by atoms with E-state index in [9.17, 15) is 0 Å². The average molecular weight is 534 g/mol. The van der Waals surface area contributed by atoms with Gasteiger partial charge in [0.15, 0.2) is 5.11 Å². The average Bonchev–Trinajstić information content (AvgIpc) is 3.41. The third kappa shape index (κ3) is 4.92. The second kappa shape index (κ2) is 10.9. The van der Waals surface area contributed by atoms with Crippen LogP contribution in [0.5, 0.6) is 5.75 Å². The lowest BCUT2D eigenvalue weighted by Crippen LogP contribution is -2.29. The number of aromatic nitrogens is 3. The zero-order valence-corrected chi connectivity index (χ0v) is 22.5. The van der Waals surface area contributed by atoms with E-state index in [2.05, 4.69) is 44.7 Å². The summed E-state index contributed by atoms with van der Waals surface area (Å²) in [7, 11) is 1.64. The number of hydrogen-bond donors (Lipinski definition) is 1. The quantitative estimate of drug-likeness (QED) is 0.229. The molecule has 4 heterocycles. The van der Waals surface area contributed by atoms with Gasteiger partial charge in [-0.2, -0.15) is 0 Å². The minimum Gasteiger partial charge on any atom is -0.490 e. The molecule has 1 aliphatic rings. The van der Waals surface area contributed by atoms with Crippen molar-refractivity contribution in [1.82, 2.24) is 19.9 Å². The molecule has 1 N–H and O–H groups in total. The van der Waals surface area contributed by atoms with Gasteiger partial charge in [0.25, 0.3) is 0 Å². The molecule has 1 aliphatic heterocycles. The first-order valence-corrected chi connectivity index (χ1v) is 12.8. The first kappa shape index (κ1) is 25.2. The predicted molar refractivity (Wildman–Crippen MR) is 150 cm³/mol. The van der Waals surface area contributed by atoms with Crippen molar-refractivity contribution in [2.24, 2.45) is 0 Å². The smallest absolute Gasteiger partial charge is 0.174 e.